The normalized spacial score (nSPS) is 12.0. The molecule has 160 valence electrons. The topological polar surface area (TPSA) is 65.0 Å². The van der Waals surface area contributed by atoms with Gasteiger partial charge in [-0.05, 0) is 42.4 Å². The monoisotopic (exact) mass is 414 g/mol. The number of hydrogen-bond donors (Lipinski definition) is 2. The van der Waals surface area contributed by atoms with Crippen LogP contribution >= 0.6 is 0 Å². The van der Waals surface area contributed by atoms with Gasteiger partial charge in [0.2, 0.25) is 0 Å². The van der Waals surface area contributed by atoms with Crippen molar-refractivity contribution in [2.75, 3.05) is 13.1 Å². The lowest BCUT2D eigenvalue weighted by Gasteiger charge is -2.29. The van der Waals surface area contributed by atoms with Crippen LogP contribution in [0.5, 0.6) is 5.75 Å². The molecule has 5 nitrogen and oxygen atoms in total. The number of benzene rings is 3. The second-order valence-corrected chi connectivity index (χ2v) is 8.50. The molecule has 0 unspecified atom stereocenters. The zero-order valence-corrected chi connectivity index (χ0v) is 18.7. The highest BCUT2D eigenvalue weighted by atomic mass is 16.3. The van der Waals surface area contributed by atoms with Gasteiger partial charge in [0.25, 0.3) is 0 Å². The van der Waals surface area contributed by atoms with Crippen LogP contribution in [0, 0.1) is 0 Å². The summed E-state index contributed by atoms with van der Waals surface area (Å²) >= 11 is 0. The Bertz CT molecular complexity index is 1180. The van der Waals surface area contributed by atoms with Crippen molar-refractivity contribution in [1.29, 1.82) is 0 Å². The highest BCUT2D eigenvalue weighted by molar-refractivity contribution is 5.93. The lowest BCUT2D eigenvalue weighted by atomic mass is 9.76. The largest absolute Gasteiger partial charge is 0.507 e. The van der Waals surface area contributed by atoms with Gasteiger partial charge in [-0.2, -0.15) is 0 Å². The molecule has 3 aromatic carbocycles. The van der Waals surface area contributed by atoms with Gasteiger partial charge in [-0.1, -0.05) is 75.4 Å². The van der Waals surface area contributed by atoms with Gasteiger partial charge < -0.3 is 5.11 Å². The average Bonchev–Trinajstić information content (AvgIpc) is 3.28. The van der Waals surface area contributed by atoms with Gasteiger partial charge in [-0.15, -0.1) is 5.10 Å². The number of phenols is 1. The molecule has 0 aliphatic rings. The highest BCUT2D eigenvalue weighted by Crippen LogP contribution is 2.41. The predicted octanol–water partition coefficient (Wildman–Crippen LogP) is 5.50. The Morgan fingerprint density at radius 3 is 2.35 bits per heavy atom. The Labute approximate surface area is 183 Å². The third kappa shape index (κ3) is 3.93. The average molecular weight is 415 g/mol. The van der Waals surface area contributed by atoms with E-state index in [1.165, 1.54) is 5.56 Å². The summed E-state index contributed by atoms with van der Waals surface area (Å²) in [6.07, 6.45) is 0. The third-order valence-electron chi connectivity index (χ3n) is 6.34. The summed E-state index contributed by atoms with van der Waals surface area (Å²) in [5.41, 5.74) is 6.41. The third-order valence-corrected chi connectivity index (χ3v) is 6.34. The number of phenolic OH excluding ortho intramolecular Hbond substituents is 1. The number of aromatic hydroxyl groups is 1. The number of fused-ring (bicyclic) bond motifs is 1. The van der Waals surface area contributed by atoms with Crippen LogP contribution in [0.4, 0.5) is 0 Å². The van der Waals surface area contributed by atoms with Gasteiger partial charge >= 0.3 is 0 Å². The quantitative estimate of drug-likeness (QED) is 0.419. The SMILES string of the molecule is CCN(CC)Cc1cc(C(C)(C)c2ccccc2)cc(-c2cccc3[nH]nnc23)c1O. The highest BCUT2D eigenvalue weighted by Gasteiger charge is 2.26. The Hall–Kier alpha value is -3.18. The van der Waals surface area contributed by atoms with Crippen molar-refractivity contribution < 1.29 is 5.11 Å². The van der Waals surface area contributed by atoms with Gasteiger partial charge in [0.15, 0.2) is 0 Å². The molecule has 2 N–H and O–H groups in total. The van der Waals surface area contributed by atoms with Crippen LogP contribution in [-0.4, -0.2) is 38.5 Å². The summed E-state index contributed by atoms with van der Waals surface area (Å²) in [5, 5.41) is 22.5. The maximum Gasteiger partial charge on any atom is 0.127 e. The number of hydrogen-bond acceptors (Lipinski definition) is 4. The van der Waals surface area contributed by atoms with E-state index in [0.717, 1.165) is 46.4 Å². The number of rotatable bonds is 7. The Morgan fingerprint density at radius 2 is 1.65 bits per heavy atom. The minimum atomic E-state index is -0.223. The van der Waals surface area contributed by atoms with E-state index < -0.39 is 0 Å². The van der Waals surface area contributed by atoms with E-state index in [9.17, 15) is 5.11 Å². The fourth-order valence-electron chi connectivity index (χ4n) is 4.18. The smallest absolute Gasteiger partial charge is 0.127 e. The van der Waals surface area contributed by atoms with Crippen LogP contribution in [0.2, 0.25) is 0 Å². The molecule has 1 aromatic heterocycles. The van der Waals surface area contributed by atoms with Crippen LogP contribution in [-0.2, 0) is 12.0 Å². The first-order valence-corrected chi connectivity index (χ1v) is 10.9. The van der Waals surface area contributed by atoms with Crippen molar-refractivity contribution in [3.05, 3.63) is 77.4 Å². The number of H-pyrrole nitrogens is 1. The molecule has 0 bridgehead atoms. The van der Waals surface area contributed by atoms with E-state index in [1.807, 2.05) is 24.3 Å². The molecular formula is C26H30N4O. The van der Waals surface area contributed by atoms with Crippen LogP contribution in [0.15, 0.2) is 60.7 Å². The molecule has 0 amide bonds. The Kier molecular flexibility index (Phi) is 5.79. The molecule has 0 fully saturated rings. The maximum absolute atomic E-state index is 11.4. The molecule has 1 heterocycles. The molecular weight excluding hydrogens is 384 g/mol. The van der Waals surface area contributed by atoms with Crippen molar-refractivity contribution >= 4 is 11.0 Å². The van der Waals surface area contributed by atoms with Gasteiger partial charge in [0, 0.05) is 28.7 Å². The summed E-state index contributed by atoms with van der Waals surface area (Å²) in [7, 11) is 0. The fraction of sp³-hybridized carbons (Fsp3) is 0.308. The first-order valence-electron chi connectivity index (χ1n) is 10.9. The van der Waals surface area contributed by atoms with Gasteiger partial charge in [-0.25, -0.2) is 0 Å². The second-order valence-electron chi connectivity index (χ2n) is 8.50. The zero-order valence-electron chi connectivity index (χ0n) is 18.7. The molecule has 0 spiro atoms. The van der Waals surface area contributed by atoms with E-state index in [4.69, 9.17) is 0 Å². The molecule has 0 radical (unpaired) electrons. The number of nitrogens with zero attached hydrogens (tertiary/aromatic N) is 3. The molecule has 4 rings (SSSR count). The van der Waals surface area contributed by atoms with E-state index in [2.05, 4.69) is 84.4 Å². The van der Waals surface area contributed by atoms with Crippen molar-refractivity contribution in [3.63, 3.8) is 0 Å². The minimum absolute atomic E-state index is 0.223. The van der Waals surface area contributed by atoms with E-state index in [1.54, 1.807) is 0 Å². The van der Waals surface area contributed by atoms with Crippen LogP contribution in [0.3, 0.4) is 0 Å². The standard InChI is InChI=1S/C26H30N4O/c1-5-30(6-2)17-18-15-20(26(3,4)19-11-8-7-9-12-19)16-22(25(18)31)21-13-10-14-23-24(21)28-29-27-23/h7-16,31H,5-6,17H2,1-4H3,(H,27,28,29). The number of aromatic amines is 1. The molecule has 0 aliphatic heterocycles. The van der Waals surface area contributed by atoms with Crippen molar-refractivity contribution in [3.8, 4) is 16.9 Å². The molecule has 0 aliphatic carbocycles. The molecule has 0 saturated carbocycles. The first kappa shape index (κ1) is 21.1. The zero-order chi connectivity index (χ0) is 22.0. The molecule has 0 saturated heterocycles. The predicted molar refractivity (Wildman–Crippen MR) is 126 cm³/mol. The van der Waals surface area contributed by atoms with Crippen molar-refractivity contribution in [2.24, 2.45) is 0 Å². The van der Waals surface area contributed by atoms with E-state index in [-0.39, 0.29) is 5.41 Å². The summed E-state index contributed by atoms with van der Waals surface area (Å²) in [4.78, 5) is 2.31. The van der Waals surface area contributed by atoms with Crippen LogP contribution < -0.4 is 0 Å². The lowest BCUT2D eigenvalue weighted by Crippen LogP contribution is -2.23. The summed E-state index contributed by atoms with van der Waals surface area (Å²) in [5.74, 6) is 0.315. The second kappa shape index (κ2) is 8.52. The maximum atomic E-state index is 11.4. The van der Waals surface area contributed by atoms with Gasteiger partial charge in [0.05, 0.1) is 5.52 Å². The fourth-order valence-corrected chi connectivity index (χ4v) is 4.18. The number of nitrogens with one attached hydrogen (secondary N) is 1. The summed E-state index contributed by atoms with van der Waals surface area (Å²) in [6, 6.07) is 20.7. The van der Waals surface area contributed by atoms with Crippen LogP contribution in [0.1, 0.15) is 44.4 Å². The Morgan fingerprint density at radius 1 is 0.903 bits per heavy atom. The van der Waals surface area contributed by atoms with Crippen molar-refractivity contribution in [1.82, 2.24) is 20.3 Å². The molecule has 5 heteroatoms. The van der Waals surface area contributed by atoms with Crippen molar-refractivity contribution in [2.45, 2.75) is 39.7 Å². The summed E-state index contributed by atoms with van der Waals surface area (Å²) in [6.45, 7) is 11.3. The van der Waals surface area contributed by atoms with E-state index >= 15 is 0 Å². The summed E-state index contributed by atoms with van der Waals surface area (Å²) < 4.78 is 0. The minimum Gasteiger partial charge on any atom is -0.507 e. The van der Waals surface area contributed by atoms with Gasteiger partial charge in [0.1, 0.15) is 11.3 Å². The molecule has 31 heavy (non-hydrogen) atoms. The number of aromatic nitrogens is 3. The van der Waals surface area contributed by atoms with Crippen LogP contribution in [0.25, 0.3) is 22.2 Å². The molecule has 4 aromatic rings. The lowest BCUT2D eigenvalue weighted by molar-refractivity contribution is 0.290. The molecule has 0 atom stereocenters. The van der Waals surface area contributed by atoms with E-state index in [0.29, 0.717) is 12.3 Å². The Balaban J connectivity index is 1.94. The first-order chi connectivity index (χ1) is 15.0. The van der Waals surface area contributed by atoms with Gasteiger partial charge in [-0.3, -0.25) is 10.00 Å².